The molecule has 1 aromatic carbocycles. The third kappa shape index (κ3) is 2.45. The first-order valence-electron chi connectivity index (χ1n) is 6.95. The standard InChI is InChI=1S/C17H19N3/c1-13-7-3-4-8-16(13)14(2)18-11-15-12-19-17-9-5-6-10-20(15)17/h3-10,12,14,18H,11H2,1-2H3/t14-/m1/s1. The number of nitrogens with zero attached hydrogens (tertiary/aromatic N) is 2. The van der Waals surface area contributed by atoms with Crippen molar-refractivity contribution >= 4 is 5.65 Å². The summed E-state index contributed by atoms with van der Waals surface area (Å²) in [6.07, 6.45) is 3.99. The molecule has 0 aliphatic carbocycles. The normalized spacial score (nSPS) is 12.7. The third-order valence-corrected chi connectivity index (χ3v) is 3.74. The highest BCUT2D eigenvalue weighted by atomic mass is 15.0. The highest BCUT2D eigenvalue weighted by Gasteiger charge is 2.08. The molecule has 3 aromatic rings. The molecule has 1 N–H and O–H groups in total. The summed E-state index contributed by atoms with van der Waals surface area (Å²) in [7, 11) is 0. The second-order valence-electron chi connectivity index (χ2n) is 5.14. The topological polar surface area (TPSA) is 29.3 Å². The number of hydrogen-bond donors (Lipinski definition) is 1. The Hall–Kier alpha value is -2.13. The number of aromatic nitrogens is 2. The molecule has 0 amide bonds. The van der Waals surface area contributed by atoms with Crippen molar-refractivity contribution in [3.05, 3.63) is 71.7 Å². The van der Waals surface area contributed by atoms with Crippen molar-refractivity contribution in [2.24, 2.45) is 0 Å². The smallest absolute Gasteiger partial charge is 0.136 e. The van der Waals surface area contributed by atoms with E-state index in [1.54, 1.807) is 0 Å². The average molecular weight is 265 g/mol. The molecule has 0 saturated carbocycles. The summed E-state index contributed by atoms with van der Waals surface area (Å²) < 4.78 is 2.12. The van der Waals surface area contributed by atoms with Gasteiger partial charge in [0.25, 0.3) is 0 Å². The summed E-state index contributed by atoms with van der Waals surface area (Å²) >= 11 is 0. The third-order valence-electron chi connectivity index (χ3n) is 3.74. The fraction of sp³-hybridized carbons (Fsp3) is 0.235. The molecule has 3 nitrogen and oxygen atoms in total. The lowest BCUT2D eigenvalue weighted by molar-refractivity contribution is 0.563. The van der Waals surface area contributed by atoms with Crippen molar-refractivity contribution in [2.45, 2.75) is 26.4 Å². The second-order valence-corrected chi connectivity index (χ2v) is 5.14. The van der Waals surface area contributed by atoms with Gasteiger partial charge >= 0.3 is 0 Å². The van der Waals surface area contributed by atoms with E-state index in [1.165, 1.54) is 16.8 Å². The van der Waals surface area contributed by atoms with Crippen LogP contribution in [0.4, 0.5) is 0 Å². The number of pyridine rings is 1. The predicted octanol–water partition coefficient (Wildman–Crippen LogP) is 3.49. The van der Waals surface area contributed by atoms with Crippen molar-refractivity contribution in [3.8, 4) is 0 Å². The minimum Gasteiger partial charge on any atom is -0.305 e. The maximum atomic E-state index is 4.41. The Morgan fingerprint density at radius 3 is 2.80 bits per heavy atom. The summed E-state index contributed by atoms with van der Waals surface area (Å²) in [5.41, 5.74) is 4.85. The lowest BCUT2D eigenvalue weighted by atomic mass is 10.0. The van der Waals surface area contributed by atoms with E-state index in [4.69, 9.17) is 0 Å². The monoisotopic (exact) mass is 265 g/mol. The van der Waals surface area contributed by atoms with Crippen LogP contribution in [0, 0.1) is 6.92 Å². The maximum Gasteiger partial charge on any atom is 0.136 e. The molecule has 0 aliphatic heterocycles. The van der Waals surface area contributed by atoms with E-state index in [2.05, 4.69) is 59.0 Å². The molecule has 0 fully saturated rings. The van der Waals surface area contributed by atoms with Crippen LogP contribution in [-0.2, 0) is 6.54 Å². The number of fused-ring (bicyclic) bond motifs is 1. The first-order valence-corrected chi connectivity index (χ1v) is 6.95. The van der Waals surface area contributed by atoms with Gasteiger partial charge < -0.3 is 9.72 Å². The molecule has 102 valence electrons. The quantitative estimate of drug-likeness (QED) is 0.782. The Morgan fingerprint density at radius 1 is 1.15 bits per heavy atom. The summed E-state index contributed by atoms with van der Waals surface area (Å²) in [5.74, 6) is 0. The lowest BCUT2D eigenvalue weighted by Crippen LogP contribution is -2.19. The van der Waals surface area contributed by atoms with Gasteiger partial charge in [-0.25, -0.2) is 4.98 Å². The van der Waals surface area contributed by atoms with Crippen molar-refractivity contribution < 1.29 is 0 Å². The van der Waals surface area contributed by atoms with Gasteiger partial charge in [-0.15, -0.1) is 0 Å². The molecule has 0 aliphatic rings. The minimum atomic E-state index is 0.325. The van der Waals surface area contributed by atoms with Crippen LogP contribution in [0.25, 0.3) is 5.65 Å². The highest BCUT2D eigenvalue weighted by Crippen LogP contribution is 2.17. The summed E-state index contributed by atoms with van der Waals surface area (Å²) in [6.45, 7) is 5.16. The van der Waals surface area contributed by atoms with Crippen molar-refractivity contribution in [1.29, 1.82) is 0 Å². The molecular formula is C17H19N3. The Morgan fingerprint density at radius 2 is 1.95 bits per heavy atom. The van der Waals surface area contributed by atoms with Gasteiger partial charge in [-0.05, 0) is 37.1 Å². The fourth-order valence-electron chi connectivity index (χ4n) is 2.56. The summed E-state index contributed by atoms with van der Waals surface area (Å²) in [6, 6.07) is 14.9. The van der Waals surface area contributed by atoms with Crippen LogP contribution in [0.1, 0.15) is 29.8 Å². The van der Waals surface area contributed by atoms with Crippen LogP contribution in [-0.4, -0.2) is 9.38 Å². The van der Waals surface area contributed by atoms with E-state index >= 15 is 0 Å². The number of benzene rings is 1. The highest BCUT2D eigenvalue weighted by molar-refractivity contribution is 5.39. The number of imidazole rings is 1. The maximum absolute atomic E-state index is 4.41. The molecule has 0 radical (unpaired) electrons. The van der Waals surface area contributed by atoms with E-state index in [-0.39, 0.29) is 0 Å². The van der Waals surface area contributed by atoms with Gasteiger partial charge in [0.05, 0.1) is 11.9 Å². The van der Waals surface area contributed by atoms with Crippen LogP contribution >= 0.6 is 0 Å². The van der Waals surface area contributed by atoms with Crippen LogP contribution in [0.5, 0.6) is 0 Å². The minimum absolute atomic E-state index is 0.325. The summed E-state index contributed by atoms with van der Waals surface area (Å²) in [5, 5.41) is 3.57. The molecule has 3 rings (SSSR count). The number of rotatable bonds is 4. The molecule has 0 saturated heterocycles. The predicted molar refractivity (Wildman–Crippen MR) is 81.6 cm³/mol. The molecule has 2 heterocycles. The Balaban J connectivity index is 1.75. The van der Waals surface area contributed by atoms with E-state index in [0.717, 1.165) is 12.2 Å². The average Bonchev–Trinajstić information content (AvgIpc) is 2.88. The van der Waals surface area contributed by atoms with E-state index in [0.29, 0.717) is 6.04 Å². The molecule has 2 aromatic heterocycles. The number of aryl methyl sites for hydroxylation is 1. The molecule has 0 spiro atoms. The van der Waals surface area contributed by atoms with Crippen molar-refractivity contribution in [2.75, 3.05) is 0 Å². The van der Waals surface area contributed by atoms with Gasteiger partial charge in [0, 0.05) is 18.8 Å². The molecular weight excluding hydrogens is 246 g/mol. The lowest BCUT2D eigenvalue weighted by Gasteiger charge is -2.16. The fourth-order valence-corrected chi connectivity index (χ4v) is 2.56. The number of nitrogens with one attached hydrogen (secondary N) is 1. The van der Waals surface area contributed by atoms with E-state index < -0.39 is 0 Å². The van der Waals surface area contributed by atoms with Gasteiger partial charge in [-0.2, -0.15) is 0 Å². The van der Waals surface area contributed by atoms with E-state index in [9.17, 15) is 0 Å². The first-order chi connectivity index (χ1) is 9.75. The van der Waals surface area contributed by atoms with Crippen LogP contribution in [0.2, 0.25) is 0 Å². The van der Waals surface area contributed by atoms with Crippen molar-refractivity contribution in [1.82, 2.24) is 14.7 Å². The molecule has 1 atom stereocenters. The van der Waals surface area contributed by atoms with Crippen LogP contribution in [0.15, 0.2) is 54.9 Å². The van der Waals surface area contributed by atoms with Gasteiger partial charge in [0.15, 0.2) is 0 Å². The largest absolute Gasteiger partial charge is 0.305 e. The van der Waals surface area contributed by atoms with Gasteiger partial charge in [-0.3, -0.25) is 0 Å². The van der Waals surface area contributed by atoms with Gasteiger partial charge in [-0.1, -0.05) is 30.3 Å². The van der Waals surface area contributed by atoms with Crippen molar-refractivity contribution in [3.63, 3.8) is 0 Å². The zero-order chi connectivity index (χ0) is 13.9. The SMILES string of the molecule is Cc1ccccc1[C@@H](C)NCc1cnc2ccccn12. The van der Waals surface area contributed by atoms with Gasteiger partial charge in [0.1, 0.15) is 5.65 Å². The van der Waals surface area contributed by atoms with Crippen LogP contribution in [0.3, 0.4) is 0 Å². The van der Waals surface area contributed by atoms with Crippen LogP contribution < -0.4 is 5.32 Å². The Labute approximate surface area is 119 Å². The molecule has 0 bridgehead atoms. The van der Waals surface area contributed by atoms with Gasteiger partial charge in [0.2, 0.25) is 0 Å². The van der Waals surface area contributed by atoms with E-state index in [1.807, 2.05) is 24.4 Å². The number of hydrogen-bond acceptors (Lipinski definition) is 2. The first kappa shape index (κ1) is 12.9. The summed E-state index contributed by atoms with van der Waals surface area (Å²) in [4.78, 5) is 4.41. The Kier molecular flexibility index (Phi) is 3.52. The zero-order valence-corrected chi connectivity index (χ0v) is 11.9. The molecule has 3 heteroatoms. The zero-order valence-electron chi connectivity index (χ0n) is 11.9. The molecule has 0 unspecified atom stereocenters. The second kappa shape index (κ2) is 5.47. The Bertz CT molecular complexity index is 715. The molecule has 20 heavy (non-hydrogen) atoms.